The Morgan fingerprint density at radius 1 is 1.17 bits per heavy atom. The molecule has 3 rings (SSSR count). The fraction of sp³-hybridized carbons (Fsp3) is 0. The van der Waals surface area contributed by atoms with Gasteiger partial charge in [-0.1, -0.05) is 48.2 Å². The van der Waals surface area contributed by atoms with Crippen molar-refractivity contribution in [3.05, 3.63) is 64.6 Å². The summed E-state index contributed by atoms with van der Waals surface area (Å²) in [5.74, 6) is -0.0894. The lowest BCUT2D eigenvalue weighted by atomic mass is 10.1. The van der Waals surface area contributed by atoms with Crippen LogP contribution in [-0.2, 0) is 4.79 Å². The highest BCUT2D eigenvalue weighted by Crippen LogP contribution is 2.37. The minimum absolute atomic E-state index is 0.164. The van der Waals surface area contributed by atoms with Gasteiger partial charge in [0.25, 0.3) is 5.91 Å². The van der Waals surface area contributed by atoms with Crippen molar-refractivity contribution in [1.82, 2.24) is 0 Å². The smallest absolute Gasteiger partial charge is 0.270 e. The molecule has 0 spiro atoms. The van der Waals surface area contributed by atoms with Crippen molar-refractivity contribution in [3.63, 3.8) is 0 Å². The van der Waals surface area contributed by atoms with E-state index in [1.165, 1.54) is 16.7 Å². The number of hydrogen-bond donors (Lipinski definition) is 1. The van der Waals surface area contributed by atoms with Crippen molar-refractivity contribution in [2.75, 3.05) is 4.90 Å². The number of amides is 1. The predicted molar refractivity (Wildman–Crippen MR) is 94.9 cm³/mol. The number of thiocarbonyl (C=S) groups is 1. The second-order valence-electron chi connectivity index (χ2n) is 4.74. The van der Waals surface area contributed by atoms with Crippen LogP contribution in [0.3, 0.4) is 0 Å². The Bertz CT molecular complexity index is 867. The summed E-state index contributed by atoms with van der Waals surface area (Å²) in [5, 5.41) is 18.5. The van der Waals surface area contributed by atoms with Gasteiger partial charge < -0.3 is 5.11 Å². The second kappa shape index (κ2) is 6.24. The fourth-order valence-electron chi connectivity index (χ4n) is 2.16. The van der Waals surface area contributed by atoms with Crippen LogP contribution in [-0.4, -0.2) is 15.3 Å². The Kier molecular flexibility index (Phi) is 4.15. The number of carbonyl (C=O) groups excluding carboxylic acids is 1. The van der Waals surface area contributed by atoms with E-state index in [-0.39, 0.29) is 11.7 Å². The van der Waals surface area contributed by atoms with E-state index < -0.39 is 0 Å². The Morgan fingerprint density at radius 2 is 1.87 bits per heavy atom. The topological polar surface area (TPSA) is 64.3 Å². The molecule has 23 heavy (non-hydrogen) atoms. The van der Waals surface area contributed by atoms with Crippen LogP contribution in [0.2, 0.25) is 0 Å². The van der Waals surface area contributed by atoms with Gasteiger partial charge in [-0.15, -0.1) is 0 Å². The number of thioether (sulfide) groups is 1. The number of nitrogens with zero attached hydrogens (tertiary/aromatic N) is 2. The molecule has 1 amide bonds. The minimum atomic E-state index is -0.254. The van der Waals surface area contributed by atoms with Crippen LogP contribution in [0.5, 0.6) is 5.75 Å². The van der Waals surface area contributed by atoms with Gasteiger partial charge in [-0.05, 0) is 35.9 Å². The van der Waals surface area contributed by atoms with Gasteiger partial charge >= 0.3 is 0 Å². The molecular weight excluding hydrogens is 328 g/mol. The summed E-state index contributed by atoms with van der Waals surface area (Å²) in [5.41, 5.74) is 1.68. The number of para-hydroxylation sites is 1. The molecule has 0 unspecified atom stereocenters. The van der Waals surface area contributed by atoms with Crippen LogP contribution in [0.15, 0.2) is 53.4 Å². The number of carbonyl (C=O) groups is 1. The van der Waals surface area contributed by atoms with Crippen LogP contribution >= 0.6 is 24.0 Å². The van der Waals surface area contributed by atoms with Gasteiger partial charge in [0, 0.05) is 0 Å². The van der Waals surface area contributed by atoms with Crippen LogP contribution < -0.4 is 4.90 Å². The normalized spacial score (nSPS) is 16.0. The summed E-state index contributed by atoms with van der Waals surface area (Å²) < 4.78 is 0.391. The molecule has 0 aliphatic carbocycles. The molecule has 1 aliphatic rings. The zero-order valence-corrected chi connectivity index (χ0v) is 13.4. The van der Waals surface area contributed by atoms with Gasteiger partial charge in [-0.3, -0.25) is 9.69 Å². The van der Waals surface area contributed by atoms with Crippen LogP contribution in [0.25, 0.3) is 6.08 Å². The SMILES string of the molecule is N#Cc1ccccc1N1C(=O)/C(=C/c2ccc(O)cc2)SC1=S. The van der Waals surface area contributed by atoms with Crippen molar-refractivity contribution in [2.24, 2.45) is 0 Å². The number of benzene rings is 2. The third-order valence-electron chi connectivity index (χ3n) is 3.25. The summed E-state index contributed by atoms with van der Waals surface area (Å²) in [4.78, 5) is 14.5. The first-order valence-electron chi connectivity index (χ1n) is 6.66. The maximum atomic E-state index is 12.6. The van der Waals surface area contributed by atoms with Gasteiger partial charge in [0.2, 0.25) is 0 Å². The van der Waals surface area contributed by atoms with Crippen LogP contribution in [0.1, 0.15) is 11.1 Å². The number of phenols is 1. The molecule has 0 aromatic heterocycles. The molecule has 1 fully saturated rings. The molecule has 1 aliphatic heterocycles. The van der Waals surface area contributed by atoms with E-state index in [1.54, 1.807) is 54.6 Å². The number of aromatic hydroxyl groups is 1. The van der Waals surface area contributed by atoms with Crippen molar-refractivity contribution in [3.8, 4) is 11.8 Å². The molecular formula is C17H10N2O2S2. The summed E-state index contributed by atoms with van der Waals surface area (Å²) >= 11 is 6.49. The lowest BCUT2D eigenvalue weighted by Gasteiger charge is -2.15. The number of nitriles is 1. The maximum Gasteiger partial charge on any atom is 0.270 e. The molecule has 4 nitrogen and oxygen atoms in total. The van der Waals surface area contributed by atoms with Gasteiger partial charge in [0.15, 0.2) is 4.32 Å². The lowest BCUT2D eigenvalue weighted by molar-refractivity contribution is -0.113. The van der Waals surface area contributed by atoms with E-state index in [0.717, 1.165) is 5.56 Å². The highest BCUT2D eigenvalue weighted by Gasteiger charge is 2.34. The molecule has 0 saturated carbocycles. The molecule has 0 atom stereocenters. The third kappa shape index (κ3) is 2.97. The van der Waals surface area contributed by atoms with E-state index in [0.29, 0.717) is 20.5 Å². The Morgan fingerprint density at radius 3 is 2.57 bits per heavy atom. The van der Waals surface area contributed by atoms with Gasteiger partial charge in [-0.25, -0.2) is 0 Å². The number of rotatable bonds is 2. The van der Waals surface area contributed by atoms with E-state index in [2.05, 4.69) is 6.07 Å². The summed E-state index contributed by atoms with van der Waals surface area (Å²) in [6, 6.07) is 15.5. The first-order chi connectivity index (χ1) is 11.1. The Balaban J connectivity index is 1.97. The minimum Gasteiger partial charge on any atom is -0.508 e. The number of phenolic OH excluding ortho intramolecular Hbond substituents is 1. The first-order valence-corrected chi connectivity index (χ1v) is 7.89. The first kappa shape index (κ1) is 15.3. The second-order valence-corrected chi connectivity index (χ2v) is 6.41. The average molecular weight is 338 g/mol. The van der Waals surface area contributed by atoms with Crippen LogP contribution in [0.4, 0.5) is 5.69 Å². The zero-order valence-electron chi connectivity index (χ0n) is 11.8. The summed E-state index contributed by atoms with van der Waals surface area (Å²) in [6.45, 7) is 0. The number of hydrogen-bond acceptors (Lipinski definition) is 5. The van der Waals surface area contributed by atoms with Crippen molar-refractivity contribution in [2.45, 2.75) is 0 Å². The highest BCUT2D eigenvalue weighted by molar-refractivity contribution is 8.27. The monoisotopic (exact) mass is 338 g/mol. The number of anilines is 1. The molecule has 2 aromatic carbocycles. The standard InChI is InChI=1S/C17H10N2O2S2/c18-10-12-3-1-2-4-14(12)19-16(21)15(23-17(19)22)9-11-5-7-13(20)8-6-11/h1-9,20H/b15-9-. The summed E-state index contributed by atoms with van der Waals surface area (Å²) in [6.07, 6.45) is 1.72. The van der Waals surface area contributed by atoms with E-state index in [4.69, 9.17) is 12.2 Å². The van der Waals surface area contributed by atoms with Crippen LogP contribution in [0, 0.1) is 11.3 Å². The maximum absolute atomic E-state index is 12.6. The van der Waals surface area contributed by atoms with Gasteiger partial charge in [0.1, 0.15) is 11.8 Å². The molecule has 0 radical (unpaired) electrons. The summed E-state index contributed by atoms with van der Waals surface area (Å²) in [7, 11) is 0. The van der Waals surface area contributed by atoms with E-state index in [1.807, 2.05) is 0 Å². The Labute approximate surface area is 142 Å². The molecule has 0 bridgehead atoms. The van der Waals surface area contributed by atoms with Gasteiger partial charge in [0.05, 0.1) is 16.2 Å². The molecule has 6 heteroatoms. The zero-order chi connectivity index (χ0) is 16.4. The van der Waals surface area contributed by atoms with Gasteiger partial charge in [-0.2, -0.15) is 5.26 Å². The van der Waals surface area contributed by atoms with E-state index in [9.17, 15) is 15.2 Å². The van der Waals surface area contributed by atoms with Crippen molar-refractivity contribution >= 4 is 46.0 Å². The lowest BCUT2D eigenvalue weighted by Crippen LogP contribution is -2.28. The van der Waals surface area contributed by atoms with E-state index >= 15 is 0 Å². The predicted octanol–water partition coefficient (Wildman–Crippen LogP) is 3.67. The third-order valence-corrected chi connectivity index (χ3v) is 4.55. The Hall–Kier alpha value is -2.62. The quantitative estimate of drug-likeness (QED) is 0.668. The largest absolute Gasteiger partial charge is 0.508 e. The highest BCUT2D eigenvalue weighted by atomic mass is 32.2. The molecule has 1 N–H and O–H groups in total. The van der Waals surface area contributed by atoms with Crippen molar-refractivity contribution < 1.29 is 9.90 Å². The van der Waals surface area contributed by atoms with Crippen molar-refractivity contribution in [1.29, 1.82) is 5.26 Å². The molecule has 1 saturated heterocycles. The molecule has 1 heterocycles. The fourth-order valence-corrected chi connectivity index (χ4v) is 3.45. The molecule has 2 aromatic rings. The molecule has 112 valence electrons. The average Bonchev–Trinajstić information content (AvgIpc) is 2.83.